The Morgan fingerprint density at radius 3 is 2.69 bits per heavy atom. The summed E-state index contributed by atoms with van der Waals surface area (Å²) in [6.07, 6.45) is 0. The third-order valence-corrected chi connectivity index (χ3v) is 3.07. The van der Waals surface area contributed by atoms with E-state index in [4.69, 9.17) is 15.6 Å². The van der Waals surface area contributed by atoms with Crippen LogP contribution >= 0.6 is 0 Å². The van der Waals surface area contributed by atoms with E-state index in [1.54, 1.807) is 43.4 Å². The SMILES string of the molecule is C=C(CO)Oc1ccccc1N=Nc1ccc(NC(=O)CNC)nc1N. The number of aromatic nitrogens is 1. The Labute approximate surface area is 150 Å². The number of hydrogen-bond donors (Lipinski definition) is 4. The number of carbonyl (C=O) groups is 1. The first-order chi connectivity index (χ1) is 12.5. The number of rotatable bonds is 8. The lowest BCUT2D eigenvalue weighted by Crippen LogP contribution is -2.25. The van der Waals surface area contributed by atoms with Crippen LogP contribution < -0.4 is 21.1 Å². The smallest absolute Gasteiger partial charge is 0.239 e. The Bertz CT molecular complexity index is 822. The van der Waals surface area contributed by atoms with Crippen molar-refractivity contribution < 1.29 is 14.6 Å². The Morgan fingerprint density at radius 2 is 2.00 bits per heavy atom. The zero-order valence-electron chi connectivity index (χ0n) is 14.3. The molecule has 0 aliphatic heterocycles. The number of anilines is 2. The third kappa shape index (κ3) is 5.36. The fourth-order valence-electron chi connectivity index (χ4n) is 1.89. The Morgan fingerprint density at radius 1 is 1.27 bits per heavy atom. The van der Waals surface area contributed by atoms with Crippen LogP contribution in [-0.2, 0) is 4.79 Å². The van der Waals surface area contributed by atoms with Crippen LogP contribution in [0.2, 0.25) is 0 Å². The molecule has 0 fully saturated rings. The van der Waals surface area contributed by atoms with E-state index >= 15 is 0 Å². The lowest BCUT2D eigenvalue weighted by molar-refractivity contribution is -0.115. The first-order valence-corrected chi connectivity index (χ1v) is 7.71. The quantitative estimate of drug-likeness (QED) is 0.423. The molecule has 9 nitrogen and oxygen atoms in total. The number of amides is 1. The monoisotopic (exact) mass is 356 g/mol. The lowest BCUT2D eigenvalue weighted by atomic mass is 10.3. The summed E-state index contributed by atoms with van der Waals surface area (Å²) in [6.45, 7) is 3.44. The number of aliphatic hydroxyl groups excluding tert-OH is 1. The standard InChI is InChI=1S/C17H20N6O3/c1-11(10-24)26-14-6-4-3-5-12(14)22-23-13-7-8-15(21-17(13)18)20-16(25)9-19-2/h3-8,19,24H,1,9-10H2,2H3,(H3,18,20,21,25). The van der Waals surface area contributed by atoms with Gasteiger partial charge in [-0.2, -0.15) is 0 Å². The number of aliphatic hydroxyl groups is 1. The molecule has 0 atom stereocenters. The van der Waals surface area contributed by atoms with Gasteiger partial charge >= 0.3 is 0 Å². The predicted molar refractivity (Wildman–Crippen MR) is 98.7 cm³/mol. The van der Waals surface area contributed by atoms with Gasteiger partial charge in [0.05, 0.1) is 6.54 Å². The first kappa shape index (κ1) is 19.0. The van der Waals surface area contributed by atoms with Gasteiger partial charge < -0.3 is 26.2 Å². The second kappa shape index (κ2) is 9.25. The average molecular weight is 356 g/mol. The van der Waals surface area contributed by atoms with E-state index in [-0.39, 0.29) is 30.6 Å². The van der Waals surface area contributed by atoms with E-state index in [2.05, 4.69) is 32.4 Å². The van der Waals surface area contributed by atoms with E-state index < -0.39 is 0 Å². The van der Waals surface area contributed by atoms with E-state index in [0.29, 0.717) is 22.9 Å². The van der Waals surface area contributed by atoms with Gasteiger partial charge in [-0.05, 0) is 31.3 Å². The van der Waals surface area contributed by atoms with Gasteiger partial charge in [-0.25, -0.2) is 4.98 Å². The van der Waals surface area contributed by atoms with E-state index in [0.717, 1.165) is 0 Å². The maximum absolute atomic E-state index is 11.5. The van der Waals surface area contributed by atoms with Crippen molar-refractivity contribution in [1.29, 1.82) is 0 Å². The van der Waals surface area contributed by atoms with Crippen molar-refractivity contribution in [3.05, 3.63) is 48.7 Å². The molecule has 0 radical (unpaired) electrons. The summed E-state index contributed by atoms with van der Waals surface area (Å²) in [7, 11) is 1.67. The van der Waals surface area contributed by atoms with Crippen molar-refractivity contribution in [3.63, 3.8) is 0 Å². The average Bonchev–Trinajstić information content (AvgIpc) is 2.62. The van der Waals surface area contributed by atoms with Crippen molar-refractivity contribution in [2.75, 3.05) is 31.2 Å². The van der Waals surface area contributed by atoms with Gasteiger partial charge in [-0.1, -0.05) is 18.7 Å². The number of azo groups is 1. The molecule has 0 spiro atoms. The summed E-state index contributed by atoms with van der Waals surface area (Å²) in [5, 5.41) is 22.5. The Hall–Kier alpha value is -3.30. The van der Waals surface area contributed by atoms with Gasteiger partial charge in [0.1, 0.15) is 29.6 Å². The molecule has 0 unspecified atom stereocenters. The molecule has 1 aromatic heterocycles. The zero-order valence-corrected chi connectivity index (χ0v) is 14.3. The van der Waals surface area contributed by atoms with Gasteiger partial charge in [0.2, 0.25) is 5.91 Å². The summed E-state index contributed by atoms with van der Waals surface area (Å²) in [5.41, 5.74) is 6.64. The summed E-state index contributed by atoms with van der Waals surface area (Å²) in [6, 6.07) is 10.1. The number of carbonyl (C=O) groups excluding carboxylic acids is 1. The molecule has 2 aromatic rings. The molecule has 5 N–H and O–H groups in total. The van der Waals surface area contributed by atoms with Crippen LogP contribution in [0.25, 0.3) is 0 Å². The number of para-hydroxylation sites is 1. The van der Waals surface area contributed by atoms with E-state index in [1.165, 1.54) is 0 Å². The largest absolute Gasteiger partial charge is 0.458 e. The highest BCUT2D eigenvalue weighted by atomic mass is 16.5. The maximum Gasteiger partial charge on any atom is 0.239 e. The normalized spacial score (nSPS) is 10.7. The minimum Gasteiger partial charge on any atom is -0.458 e. The summed E-state index contributed by atoms with van der Waals surface area (Å²) >= 11 is 0. The van der Waals surface area contributed by atoms with Gasteiger partial charge in [0, 0.05) is 0 Å². The molecule has 0 saturated heterocycles. The molecule has 9 heteroatoms. The maximum atomic E-state index is 11.5. The van der Waals surface area contributed by atoms with Gasteiger partial charge in [-0.15, -0.1) is 10.2 Å². The van der Waals surface area contributed by atoms with Crippen LogP contribution in [0.15, 0.2) is 59.0 Å². The molecule has 0 aliphatic carbocycles. The predicted octanol–water partition coefficient (Wildman–Crippen LogP) is 2.12. The topological polar surface area (TPSA) is 134 Å². The number of nitrogens with zero attached hydrogens (tertiary/aromatic N) is 3. The van der Waals surface area contributed by atoms with Crippen molar-refractivity contribution in [1.82, 2.24) is 10.3 Å². The van der Waals surface area contributed by atoms with E-state index in [1.807, 2.05) is 0 Å². The first-order valence-electron chi connectivity index (χ1n) is 7.71. The number of nitrogen functional groups attached to an aromatic ring is 1. The highest BCUT2D eigenvalue weighted by Crippen LogP contribution is 2.31. The van der Waals surface area contributed by atoms with Crippen molar-refractivity contribution in [2.45, 2.75) is 0 Å². The minimum absolute atomic E-state index is 0.120. The molecule has 1 aromatic carbocycles. The molecule has 1 heterocycles. The Kier molecular flexibility index (Phi) is 6.77. The van der Waals surface area contributed by atoms with Crippen LogP contribution in [0.4, 0.5) is 23.0 Å². The molecular formula is C17H20N6O3. The third-order valence-electron chi connectivity index (χ3n) is 3.07. The van der Waals surface area contributed by atoms with Gasteiger partial charge in [-0.3, -0.25) is 4.79 Å². The second-order valence-corrected chi connectivity index (χ2v) is 5.15. The van der Waals surface area contributed by atoms with Crippen LogP contribution in [0.3, 0.4) is 0 Å². The highest BCUT2D eigenvalue weighted by Gasteiger charge is 2.07. The molecule has 0 aliphatic rings. The van der Waals surface area contributed by atoms with Gasteiger partial charge in [0.25, 0.3) is 0 Å². The highest BCUT2D eigenvalue weighted by molar-refractivity contribution is 5.91. The summed E-state index contributed by atoms with van der Waals surface area (Å²) in [4.78, 5) is 15.6. The van der Waals surface area contributed by atoms with Crippen LogP contribution in [0.1, 0.15) is 0 Å². The van der Waals surface area contributed by atoms with E-state index in [9.17, 15) is 4.79 Å². The number of likely N-dealkylation sites (N-methyl/N-ethyl adjacent to an activating group) is 1. The van der Waals surface area contributed by atoms with Crippen molar-refractivity contribution >= 4 is 28.9 Å². The number of pyridine rings is 1. The molecule has 136 valence electrons. The number of hydrogen-bond acceptors (Lipinski definition) is 8. The summed E-state index contributed by atoms with van der Waals surface area (Å²) in [5.74, 6) is 0.802. The number of benzene rings is 1. The second-order valence-electron chi connectivity index (χ2n) is 5.15. The van der Waals surface area contributed by atoms with Crippen LogP contribution in [-0.4, -0.2) is 36.2 Å². The number of nitrogens with two attached hydrogens (primary N) is 1. The Balaban J connectivity index is 2.16. The van der Waals surface area contributed by atoms with Crippen molar-refractivity contribution in [2.24, 2.45) is 10.2 Å². The van der Waals surface area contributed by atoms with Crippen LogP contribution in [0, 0.1) is 0 Å². The fraction of sp³-hybridized carbons (Fsp3) is 0.176. The molecule has 2 rings (SSSR count). The lowest BCUT2D eigenvalue weighted by Gasteiger charge is -2.08. The molecular weight excluding hydrogens is 336 g/mol. The fourth-order valence-corrected chi connectivity index (χ4v) is 1.89. The molecule has 0 bridgehead atoms. The molecule has 0 saturated carbocycles. The number of nitrogens with one attached hydrogen (secondary N) is 2. The van der Waals surface area contributed by atoms with Crippen LogP contribution in [0.5, 0.6) is 5.75 Å². The van der Waals surface area contributed by atoms with Gasteiger partial charge in [0.15, 0.2) is 11.6 Å². The summed E-state index contributed by atoms with van der Waals surface area (Å²) < 4.78 is 5.40. The van der Waals surface area contributed by atoms with Crippen molar-refractivity contribution in [3.8, 4) is 5.75 Å². The molecule has 26 heavy (non-hydrogen) atoms. The minimum atomic E-state index is -0.303. The zero-order chi connectivity index (χ0) is 18.9. The molecule has 1 amide bonds. The number of ether oxygens (including phenoxy) is 1.